The molecule has 0 heterocycles. The van der Waals surface area contributed by atoms with Crippen LogP contribution in [0.3, 0.4) is 0 Å². The van der Waals surface area contributed by atoms with Crippen LogP contribution in [0.2, 0.25) is 0 Å². The van der Waals surface area contributed by atoms with Gasteiger partial charge in [-0.15, -0.1) is 0 Å². The van der Waals surface area contributed by atoms with E-state index in [2.05, 4.69) is 6.92 Å². The van der Waals surface area contributed by atoms with E-state index in [1.165, 1.54) is 57.8 Å². The molecule has 0 saturated carbocycles. The van der Waals surface area contributed by atoms with Gasteiger partial charge >= 0.3 is 0 Å². The summed E-state index contributed by atoms with van der Waals surface area (Å²) in [6.07, 6.45) is 13.7. The molecule has 25 heavy (non-hydrogen) atoms. The summed E-state index contributed by atoms with van der Waals surface area (Å²) in [4.78, 5) is 0. The van der Waals surface area contributed by atoms with Crippen LogP contribution in [0.5, 0.6) is 0 Å². The van der Waals surface area contributed by atoms with E-state index in [4.69, 9.17) is 4.18 Å². The average molecular weight is 378 g/mol. The first kappa shape index (κ1) is 25.1. The summed E-state index contributed by atoms with van der Waals surface area (Å²) in [6.45, 7) is 2.56. The zero-order valence-corrected chi connectivity index (χ0v) is 19.0. The second-order valence-electron chi connectivity index (χ2n) is 6.55. The Morgan fingerprint density at radius 3 is 1.76 bits per heavy atom. The van der Waals surface area contributed by atoms with Gasteiger partial charge in [-0.2, -0.15) is 8.42 Å². The van der Waals surface area contributed by atoms with Gasteiger partial charge in [0, 0.05) is 29.6 Å². The van der Waals surface area contributed by atoms with Crippen LogP contribution in [0.1, 0.15) is 83.1 Å². The van der Waals surface area contributed by atoms with Crippen molar-refractivity contribution in [1.82, 2.24) is 0 Å². The van der Waals surface area contributed by atoms with E-state index in [0.717, 1.165) is 18.4 Å². The van der Waals surface area contributed by atoms with Crippen LogP contribution in [0.15, 0.2) is 30.3 Å². The molecule has 0 unspecified atom stereocenters. The van der Waals surface area contributed by atoms with Gasteiger partial charge in [-0.1, -0.05) is 101 Å². The SMILES string of the molecule is CCCCCCCCCCCCCOS(=O)(=O)Cc1ccccc1.[Na]. The van der Waals surface area contributed by atoms with E-state index in [1.807, 2.05) is 30.3 Å². The van der Waals surface area contributed by atoms with Crippen LogP contribution in [0, 0.1) is 0 Å². The Labute approximate surface area is 177 Å². The summed E-state index contributed by atoms with van der Waals surface area (Å²) in [7, 11) is -3.45. The van der Waals surface area contributed by atoms with E-state index >= 15 is 0 Å². The zero-order valence-electron chi connectivity index (χ0n) is 16.2. The van der Waals surface area contributed by atoms with Crippen molar-refractivity contribution in [3.63, 3.8) is 0 Å². The molecule has 0 saturated heterocycles. The van der Waals surface area contributed by atoms with Gasteiger partial charge in [-0.25, -0.2) is 0 Å². The second kappa shape index (κ2) is 16.3. The van der Waals surface area contributed by atoms with Crippen molar-refractivity contribution in [2.24, 2.45) is 0 Å². The minimum Gasteiger partial charge on any atom is -0.270 e. The van der Waals surface area contributed by atoms with Gasteiger partial charge in [-0.3, -0.25) is 4.18 Å². The molecule has 0 fully saturated rings. The first-order valence-electron chi connectivity index (χ1n) is 9.55. The van der Waals surface area contributed by atoms with Crippen LogP contribution in [-0.4, -0.2) is 44.6 Å². The molecule has 0 N–H and O–H groups in total. The maximum atomic E-state index is 11.9. The molecule has 1 aromatic rings. The molecule has 1 rings (SSSR count). The van der Waals surface area contributed by atoms with Crippen LogP contribution in [0.4, 0.5) is 0 Å². The zero-order chi connectivity index (χ0) is 17.5. The predicted molar refractivity (Wildman–Crippen MR) is 107 cm³/mol. The van der Waals surface area contributed by atoms with Crippen LogP contribution in [-0.2, 0) is 20.1 Å². The fraction of sp³-hybridized carbons (Fsp3) is 0.700. The fourth-order valence-electron chi connectivity index (χ4n) is 2.77. The Balaban J connectivity index is 0.00000576. The van der Waals surface area contributed by atoms with Gasteiger partial charge in [0.05, 0.1) is 6.61 Å². The molecule has 1 aromatic carbocycles. The third-order valence-corrected chi connectivity index (χ3v) is 5.41. The molecule has 0 aliphatic heterocycles. The fourth-order valence-corrected chi connectivity index (χ4v) is 3.83. The molecule has 3 nitrogen and oxygen atoms in total. The standard InChI is InChI=1S/C20H34O3S.Na/c1-2-3-4-5-6-7-8-9-10-11-15-18-23-24(21,22)19-20-16-13-12-14-17-20;/h12-14,16-17H,2-11,15,18-19H2,1H3;. The van der Waals surface area contributed by atoms with Gasteiger partial charge in [0.15, 0.2) is 0 Å². The van der Waals surface area contributed by atoms with Crippen LogP contribution in [0.25, 0.3) is 0 Å². The van der Waals surface area contributed by atoms with Crippen molar-refractivity contribution in [1.29, 1.82) is 0 Å². The summed E-state index contributed by atoms with van der Waals surface area (Å²) in [6, 6.07) is 9.18. The maximum absolute atomic E-state index is 11.9. The summed E-state index contributed by atoms with van der Waals surface area (Å²) >= 11 is 0. The molecule has 0 bridgehead atoms. The van der Waals surface area contributed by atoms with E-state index in [9.17, 15) is 8.42 Å². The smallest absolute Gasteiger partial charge is 0.270 e. The van der Waals surface area contributed by atoms with Crippen molar-refractivity contribution in [2.45, 2.75) is 83.3 Å². The van der Waals surface area contributed by atoms with Crippen molar-refractivity contribution in [2.75, 3.05) is 6.61 Å². The Kier molecular flexibility index (Phi) is 16.4. The molecule has 0 atom stereocenters. The van der Waals surface area contributed by atoms with Gasteiger partial charge in [-0.05, 0) is 12.0 Å². The summed E-state index contributed by atoms with van der Waals surface area (Å²) in [5.74, 6) is -0.0358. The largest absolute Gasteiger partial charge is 0.271 e. The van der Waals surface area contributed by atoms with Gasteiger partial charge in [0.1, 0.15) is 5.75 Å². The molecule has 0 aliphatic carbocycles. The molecule has 0 amide bonds. The molecule has 139 valence electrons. The Morgan fingerprint density at radius 2 is 1.24 bits per heavy atom. The van der Waals surface area contributed by atoms with Crippen LogP contribution >= 0.6 is 0 Å². The Hall–Kier alpha value is 0.130. The molecule has 0 aliphatic rings. The number of hydrogen-bond donors (Lipinski definition) is 0. The van der Waals surface area contributed by atoms with E-state index in [1.54, 1.807) is 0 Å². The molecule has 5 heteroatoms. The Morgan fingerprint density at radius 1 is 0.760 bits per heavy atom. The first-order chi connectivity index (χ1) is 11.6. The summed E-state index contributed by atoms with van der Waals surface area (Å²) in [5, 5.41) is 0. The summed E-state index contributed by atoms with van der Waals surface area (Å²) < 4.78 is 28.8. The monoisotopic (exact) mass is 377 g/mol. The average Bonchev–Trinajstić information content (AvgIpc) is 2.56. The van der Waals surface area contributed by atoms with Gasteiger partial charge in [0.2, 0.25) is 0 Å². The second-order valence-corrected chi connectivity index (χ2v) is 8.18. The van der Waals surface area contributed by atoms with Gasteiger partial charge < -0.3 is 0 Å². The van der Waals surface area contributed by atoms with Crippen molar-refractivity contribution >= 4 is 39.7 Å². The first-order valence-corrected chi connectivity index (χ1v) is 11.1. The van der Waals surface area contributed by atoms with E-state index < -0.39 is 10.1 Å². The number of rotatable bonds is 15. The minimum atomic E-state index is -3.45. The molecule has 0 aromatic heterocycles. The quantitative estimate of drug-likeness (QED) is 0.231. The third kappa shape index (κ3) is 14.9. The third-order valence-electron chi connectivity index (χ3n) is 4.20. The van der Waals surface area contributed by atoms with Crippen molar-refractivity contribution in [3.05, 3.63) is 35.9 Å². The minimum absolute atomic E-state index is 0. The number of hydrogen-bond acceptors (Lipinski definition) is 3. The van der Waals surface area contributed by atoms with E-state index in [0.29, 0.717) is 6.61 Å². The summed E-state index contributed by atoms with van der Waals surface area (Å²) in [5.41, 5.74) is 0.774. The van der Waals surface area contributed by atoms with Gasteiger partial charge in [0.25, 0.3) is 10.1 Å². The molecule has 1 radical (unpaired) electrons. The molecule has 0 spiro atoms. The molecular weight excluding hydrogens is 343 g/mol. The predicted octanol–water partition coefficient (Wildman–Crippen LogP) is 5.46. The number of benzene rings is 1. The van der Waals surface area contributed by atoms with Crippen LogP contribution < -0.4 is 0 Å². The van der Waals surface area contributed by atoms with E-state index in [-0.39, 0.29) is 35.3 Å². The Bertz CT molecular complexity index is 503. The van der Waals surface area contributed by atoms with Crippen molar-refractivity contribution in [3.8, 4) is 0 Å². The topological polar surface area (TPSA) is 43.4 Å². The number of unbranched alkanes of at least 4 members (excludes halogenated alkanes) is 10. The maximum Gasteiger partial charge on any atom is 0.271 e. The normalized spacial score (nSPS) is 11.2. The molecular formula is C20H34NaO3S. The van der Waals surface area contributed by atoms with Crippen molar-refractivity contribution < 1.29 is 12.6 Å².